The summed E-state index contributed by atoms with van der Waals surface area (Å²) in [7, 11) is 0. The standard InChI is InChI=1S/C15H12N2O3S2/c16-8-10-3-6-21-15(10)17-14(18)9-22-11-1-2-12-13(7-11)20-5-4-19-12/h1-3,6-7H,4-5,9H2,(H,17,18). The van der Waals surface area contributed by atoms with Gasteiger partial charge in [0, 0.05) is 4.90 Å². The number of anilines is 1. The van der Waals surface area contributed by atoms with Crippen molar-refractivity contribution in [3.05, 3.63) is 35.2 Å². The number of fused-ring (bicyclic) bond motifs is 1. The number of carbonyl (C=O) groups is 1. The van der Waals surface area contributed by atoms with Gasteiger partial charge in [-0.15, -0.1) is 23.1 Å². The van der Waals surface area contributed by atoms with Gasteiger partial charge in [-0.2, -0.15) is 5.26 Å². The molecular weight excluding hydrogens is 320 g/mol. The molecule has 1 aliphatic rings. The van der Waals surface area contributed by atoms with Gasteiger partial charge >= 0.3 is 0 Å². The summed E-state index contributed by atoms with van der Waals surface area (Å²) < 4.78 is 11.0. The molecule has 0 atom stereocenters. The Kier molecular flexibility index (Phi) is 4.51. The third-order valence-corrected chi connectivity index (χ3v) is 4.75. The smallest absolute Gasteiger partial charge is 0.235 e. The molecule has 1 aromatic carbocycles. The molecule has 2 aromatic rings. The van der Waals surface area contributed by atoms with E-state index in [1.807, 2.05) is 24.3 Å². The first kappa shape index (κ1) is 14.8. The fourth-order valence-corrected chi connectivity index (χ4v) is 3.40. The molecule has 0 aliphatic carbocycles. The number of nitrogens with zero attached hydrogens (tertiary/aromatic N) is 1. The summed E-state index contributed by atoms with van der Waals surface area (Å²) in [4.78, 5) is 12.9. The van der Waals surface area contributed by atoms with Gasteiger partial charge in [0.15, 0.2) is 11.5 Å². The Labute approximate surface area is 135 Å². The van der Waals surface area contributed by atoms with E-state index >= 15 is 0 Å². The number of carbonyl (C=O) groups excluding carboxylic acids is 1. The lowest BCUT2D eigenvalue weighted by Crippen LogP contribution is -2.15. The number of ether oxygens (including phenoxy) is 2. The Morgan fingerprint density at radius 3 is 2.95 bits per heavy atom. The van der Waals surface area contributed by atoms with Crippen molar-refractivity contribution in [1.82, 2.24) is 0 Å². The van der Waals surface area contributed by atoms with Gasteiger partial charge in [-0.1, -0.05) is 0 Å². The van der Waals surface area contributed by atoms with Gasteiger partial charge in [-0.3, -0.25) is 4.79 Å². The summed E-state index contributed by atoms with van der Waals surface area (Å²) in [6, 6.07) is 9.36. The van der Waals surface area contributed by atoms with Crippen molar-refractivity contribution < 1.29 is 14.3 Å². The molecule has 0 saturated heterocycles. The molecule has 1 N–H and O–H groups in total. The molecular formula is C15H12N2O3S2. The van der Waals surface area contributed by atoms with E-state index in [-0.39, 0.29) is 11.7 Å². The highest BCUT2D eigenvalue weighted by atomic mass is 32.2. The molecule has 112 valence electrons. The average Bonchev–Trinajstić information content (AvgIpc) is 3.00. The van der Waals surface area contributed by atoms with Crippen LogP contribution in [-0.4, -0.2) is 24.9 Å². The van der Waals surface area contributed by atoms with Crippen molar-refractivity contribution in [3.63, 3.8) is 0 Å². The molecule has 0 fully saturated rings. The monoisotopic (exact) mass is 332 g/mol. The summed E-state index contributed by atoms with van der Waals surface area (Å²) in [5.74, 6) is 1.57. The summed E-state index contributed by atoms with van der Waals surface area (Å²) in [5.41, 5.74) is 0.489. The summed E-state index contributed by atoms with van der Waals surface area (Å²) in [5, 5.41) is 14.0. The lowest BCUT2D eigenvalue weighted by molar-refractivity contribution is -0.113. The first-order valence-corrected chi connectivity index (χ1v) is 8.42. The SMILES string of the molecule is N#Cc1ccsc1NC(=O)CSc1ccc2c(c1)OCCO2. The normalized spacial score (nSPS) is 12.5. The van der Waals surface area contributed by atoms with E-state index in [2.05, 4.69) is 5.32 Å². The Morgan fingerprint density at radius 2 is 2.14 bits per heavy atom. The van der Waals surface area contributed by atoms with Crippen molar-refractivity contribution in [2.24, 2.45) is 0 Å². The number of nitriles is 1. The minimum atomic E-state index is -0.140. The molecule has 0 unspecified atom stereocenters. The number of amides is 1. The average molecular weight is 332 g/mol. The van der Waals surface area contributed by atoms with E-state index in [0.717, 1.165) is 10.6 Å². The maximum absolute atomic E-state index is 12.0. The molecule has 0 saturated carbocycles. The quantitative estimate of drug-likeness (QED) is 0.871. The van der Waals surface area contributed by atoms with Crippen LogP contribution >= 0.6 is 23.1 Å². The third kappa shape index (κ3) is 3.35. The number of hydrogen-bond donors (Lipinski definition) is 1. The Balaban J connectivity index is 1.58. The Hall–Kier alpha value is -2.17. The highest BCUT2D eigenvalue weighted by molar-refractivity contribution is 8.00. The minimum Gasteiger partial charge on any atom is -0.486 e. The fraction of sp³-hybridized carbons (Fsp3) is 0.200. The van der Waals surface area contributed by atoms with Gasteiger partial charge in [0.2, 0.25) is 5.91 Å². The van der Waals surface area contributed by atoms with Crippen molar-refractivity contribution >= 4 is 34.0 Å². The van der Waals surface area contributed by atoms with Crippen LogP contribution in [0.25, 0.3) is 0 Å². The Bertz CT molecular complexity index is 737. The largest absolute Gasteiger partial charge is 0.486 e. The zero-order chi connectivity index (χ0) is 15.4. The summed E-state index contributed by atoms with van der Waals surface area (Å²) in [6.07, 6.45) is 0. The highest BCUT2D eigenvalue weighted by Gasteiger charge is 2.13. The van der Waals surface area contributed by atoms with E-state index in [4.69, 9.17) is 14.7 Å². The van der Waals surface area contributed by atoms with E-state index in [1.54, 1.807) is 11.4 Å². The topological polar surface area (TPSA) is 71.4 Å². The first-order valence-electron chi connectivity index (χ1n) is 6.56. The minimum absolute atomic E-state index is 0.140. The Morgan fingerprint density at radius 1 is 1.32 bits per heavy atom. The maximum atomic E-state index is 12.0. The number of thiophene rings is 1. The van der Waals surface area contributed by atoms with Gasteiger partial charge < -0.3 is 14.8 Å². The zero-order valence-electron chi connectivity index (χ0n) is 11.5. The second kappa shape index (κ2) is 6.73. The van der Waals surface area contributed by atoms with Gasteiger partial charge in [0.05, 0.1) is 11.3 Å². The molecule has 7 heteroatoms. The maximum Gasteiger partial charge on any atom is 0.235 e. The zero-order valence-corrected chi connectivity index (χ0v) is 13.1. The van der Waals surface area contributed by atoms with Crippen LogP contribution in [0.3, 0.4) is 0 Å². The number of benzene rings is 1. The van der Waals surface area contributed by atoms with E-state index in [1.165, 1.54) is 23.1 Å². The van der Waals surface area contributed by atoms with E-state index in [9.17, 15) is 4.79 Å². The summed E-state index contributed by atoms with van der Waals surface area (Å²) >= 11 is 2.75. The summed E-state index contributed by atoms with van der Waals surface area (Å²) in [6.45, 7) is 1.10. The van der Waals surface area contributed by atoms with E-state index < -0.39 is 0 Å². The number of nitrogens with one attached hydrogen (secondary N) is 1. The van der Waals surface area contributed by atoms with Crippen molar-refractivity contribution in [1.29, 1.82) is 5.26 Å². The molecule has 0 spiro atoms. The van der Waals surface area contributed by atoms with Gasteiger partial charge in [-0.25, -0.2) is 0 Å². The second-order valence-electron chi connectivity index (χ2n) is 4.42. The lowest BCUT2D eigenvalue weighted by atomic mass is 10.3. The van der Waals surface area contributed by atoms with Gasteiger partial charge in [0.25, 0.3) is 0 Å². The molecule has 1 amide bonds. The highest BCUT2D eigenvalue weighted by Crippen LogP contribution is 2.34. The molecule has 1 aromatic heterocycles. The van der Waals surface area contributed by atoms with Gasteiger partial charge in [0.1, 0.15) is 24.3 Å². The molecule has 3 rings (SSSR count). The number of rotatable bonds is 4. The van der Waals surface area contributed by atoms with Crippen molar-refractivity contribution in [2.75, 3.05) is 24.3 Å². The second-order valence-corrected chi connectivity index (χ2v) is 6.38. The van der Waals surface area contributed by atoms with Crippen LogP contribution in [-0.2, 0) is 4.79 Å². The fourth-order valence-electron chi connectivity index (χ4n) is 1.92. The van der Waals surface area contributed by atoms with Gasteiger partial charge in [-0.05, 0) is 29.6 Å². The van der Waals surface area contributed by atoms with Crippen LogP contribution < -0.4 is 14.8 Å². The number of hydrogen-bond acceptors (Lipinski definition) is 6. The van der Waals surface area contributed by atoms with E-state index in [0.29, 0.717) is 29.5 Å². The number of thioether (sulfide) groups is 1. The van der Waals surface area contributed by atoms with Crippen LogP contribution in [0, 0.1) is 11.3 Å². The molecule has 0 bridgehead atoms. The van der Waals surface area contributed by atoms with Crippen LogP contribution in [0.1, 0.15) is 5.56 Å². The molecule has 5 nitrogen and oxygen atoms in total. The van der Waals surface area contributed by atoms with Crippen LogP contribution in [0.4, 0.5) is 5.00 Å². The predicted molar refractivity (Wildman–Crippen MR) is 85.8 cm³/mol. The third-order valence-electron chi connectivity index (χ3n) is 2.92. The first-order chi connectivity index (χ1) is 10.8. The molecule has 1 aliphatic heterocycles. The van der Waals surface area contributed by atoms with Crippen LogP contribution in [0.15, 0.2) is 34.5 Å². The molecule has 2 heterocycles. The van der Waals surface area contributed by atoms with Crippen LogP contribution in [0.2, 0.25) is 0 Å². The van der Waals surface area contributed by atoms with Crippen LogP contribution in [0.5, 0.6) is 11.5 Å². The predicted octanol–water partition coefficient (Wildman–Crippen LogP) is 3.12. The lowest BCUT2D eigenvalue weighted by Gasteiger charge is -2.18. The molecule has 0 radical (unpaired) electrons. The van der Waals surface area contributed by atoms with Crippen molar-refractivity contribution in [3.8, 4) is 17.6 Å². The molecule has 22 heavy (non-hydrogen) atoms. The van der Waals surface area contributed by atoms with Crippen molar-refractivity contribution in [2.45, 2.75) is 4.90 Å².